The molecule has 0 fully saturated rings. The van der Waals surface area contributed by atoms with Gasteiger partial charge in [-0.15, -0.1) is 0 Å². The Bertz CT molecular complexity index is 668. The van der Waals surface area contributed by atoms with Gasteiger partial charge in [0.15, 0.2) is 0 Å². The standard InChI is InChI=1S/C16H20N2O3/c1-3-8-17-9-10-18(16(17)21)11-13-4-6-14(7-5-13)12(2)15(19)20/h4-7,9-10,12H,3,8,11H2,1-2H3,(H,19,20). The third-order valence-corrected chi connectivity index (χ3v) is 3.59. The summed E-state index contributed by atoms with van der Waals surface area (Å²) in [6.45, 7) is 4.91. The van der Waals surface area contributed by atoms with Crippen molar-refractivity contribution in [2.24, 2.45) is 0 Å². The molecular weight excluding hydrogens is 268 g/mol. The predicted octanol–water partition coefficient (Wildman–Crippen LogP) is 2.30. The Morgan fingerprint density at radius 3 is 2.38 bits per heavy atom. The lowest BCUT2D eigenvalue weighted by Gasteiger charge is -2.08. The summed E-state index contributed by atoms with van der Waals surface area (Å²) < 4.78 is 3.35. The number of carbonyl (C=O) groups is 1. The number of carboxylic acids is 1. The molecule has 0 saturated carbocycles. The Hall–Kier alpha value is -2.30. The van der Waals surface area contributed by atoms with E-state index in [-0.39, 0.29) is 5.69 Å². The van der Waals surface area contributed by atoms with Crippen LogP contribution in [0.4, 0.5) is 0 Å². The summed E-state index contributed by atoms with van der Waals surface area (Å²) in [6.07, 6.45) is 4.50. The van der Waals surface area contributed by atoms with Crippen molar-refractivity contribution in [3.8, 4) is 0 Å². The molecule has 0 aliphatic rings. The molecule has 0 aliphatic heterocycles. The van der Waals surface area contributed by atoms with Crippen LogP contribution in [0.1, 0.15) is 37.3 Å². The second kappa shape index (κ2) is 6.43. The Morgan fingerprint density at radius 2 is 1.81 bits per heavy atom. The number of aromatic nitrogens is 2. The fraction of sp³-hybridized carbons (Fsp3) is 0.375. The van der Waals surface area contributed by atoms with Gasteiger partial charge in [0.05, 0.1) is 12.5 Å². The predicted molar refractivity (Wildman–Crippen MR) is 80.6 cm³/mol. The zero-order valence-corrected chi connectivity index (χ0v) is 12.3. The van der Waals surface area contributed by atoms with Gasteiger partial charge in [0.1, 0.15) is 0 Å². The first-order valence-electron chi connectivity index (χ1n) is 7.10. The first-order valence-corrected chi connectivity index (χ1v) is 7.10. The van der Waals surface area contributed by atoms with Crippen LogP contribution in [-0.2, 0) is 17.9 Å². The number of aliphatic carboxylic acids is 1. The largest absolute Gasteiger partial charge is 0.481 e. The Kier molecular flexibility index (Phi) is 4.62. The molecule has 1 N–H and O–H groups in total. The van der Waals surface area contributed by atoms with Crippen LogP contribution in [0, 0.1) is 0 Å². The van der Waals surface area contributed by atoms with Crippen LogP contribution in [0.2, 0.25) is 0 Å². The number of nitrogens with zero attached hydrogens (tertiary/aromatic N) is 2. The molecule has 1 heterocycles. The molecule has 5 nitrogen and oxygen atoms in total. The van der Waals surface area contributed by atoms with E-state index in [2.05, 4.69) is 0 Å². The maximum atomic E-state index is 12.1. The van der Waals surface area contributed by atoms with E-state index in [0.717, 1.165) is 24.1 Å². The normalized spacial score (nSPS) is 12.3. The van der Waals surface area contributed by atoms with Gasteiger partial charge in [0, 0.05) is 18.9 Å². The van der Waals surface area contributed by atoms with Gasteiger partial charge >= 0.3 is 11.7 Å². The van der Waals surface area contributed by atoms with Gasteiger partial charge in [-0.3, -0.25) is 13.9 Å². The number of hydrogen-bond acceptors (Lipinski definition) is 2. The van der Waals surface area contributed by atoms with Gasteiger partial charge in [-0.05, 0) is 24.5 Å². The minimum absolute atomic E-state index is 0.0140. The highest BCUT2D eigenvalue weighted by Crippen LogP contribution is 2.16. The summed E-state index contributed by atoms with van der Waals surface area (Å²) in [4.78, 5) is 23.0. The summed E-state index contributed by atoms with van der Waals surface area (Å²) in [5, 5.41) is 8.98. The lowest BCUT2D eigenvalue weighted by Crippen LogP contribution is -2.24. The molecule has 0 saturated heterocycles. The Balaban J connectivity index is 2.14. The van der Waals surface area contributed by atoms with Gasteiger partial charge in [-0.2, -0.15) is 0 Å². The van der Waals surface area contributed by atoms with Crippen molar-refractivity contribution >= 4 is 5.97 Å². The maximum absolute atomic E-state index is 12.1. The van der Waals surface area contributed by atoms with E-state index in [1.807, 2.05) is 31.2 Å². The number of rotatable bonds is 6. The molecule has 1 aromatic carbocycles. The third kappa shape index (κ3) is 3.42. The van der Waals surface area contributed by atoms with E-state index in [1.54, 1.807) is 28.5 Å². The lowest BCUT2D eigenvalue weighted by atomic mass is 10.0. The number of carboxylic acid groups (broad SMARTS) is 1. The number of hydrogen-bond donors (Lipinski definition) is 1. The van der Waals surface area contributed by atoms with Crippen molar-refractivity contribution in [2.45, 2.75) is 39.3 Å². The molecule has 1 aromatic heterocycles. The molecule has 5 heteroatoms. The molecule has 2 aromatic rings. The van der Waals surface area contributed by atoms with Gasteiger partial charge in [-0.25, -0.2) is 4.79 Å². The summed E-state index contributed by atoms with van der Waals surface area (Å²) in [6, 6.07) is 7.36. The number of imidazole rings is 1. The molecule has 2 rings (SSSR count). The molecule has 0 amide bonds. The minimum atomic E-state index is -0.837. The van der Waals surface area contributed by atoms with Crippen molar-refractivity contribution in [1.82, 2.24) is 9.13 Å². The molecule has 1 unspecified atom stereocenters. The van der Waals surface area contributed by atoms with Gasteiger partial charge in [0.2, 0.25) is 0 Å². The van der Waals surface area contributed by atoms with Crippen molar-refractivity contribution in [1.29, 1.82) is 0 Å². The molecular formula is C16H20N2O3. The van der Waals surface area contributed by atoms with Crippen LogP contribution < -0.4 is 5.69 Å². The first-order chi connectivity index (χ1) is 10.0. The van der Waals surface area contributed by atoms with E-state index in [0.29, 0.717) is 6.54 Å². The van der Waals surface area contributed by atoms with E-state index >= 15 is 0 Å². The second-order valence-corrected chi connectivity index (χ2v) is 5.20. The summed E-state index contributed by atoms with van der Waals surface area (Å²) >= 11 is 0. The Labute approximate surface area is 123 Å². The van der Waals surface area contributed by atoms with Crippen LogP contribution in [0.5, 0.6) is 0 Å². The topological polar surface area (TPSA) is 64.2 Å². The highest BCUT2D eigenvalue weighted by Gasteiger charge is 2.13. The quantitative estimate of drug-likeness (QED) is 0.887. The summed E-state index contributed by atoms with van der Waals surface area (Å²) in [7, 11) is 0. The van der Waals surface area contributed by atoms with Crippen molar-refractivity contribution in [3.63, 3.8) is 0 Å². The molecule has 0 radical (unpaired) electrons. The van der Waals surface area contributed by atoms with E-state index < -0.39 is 11.9 Å². The zero-order chi connectivity index (χ0) is 15.4. The fourth-order valence-electron chi connectivity index (χ4n) is 2.24. The average Bonchev–Trinajstić information content (AvgIpc) is 2.81. The van der Waals surface area contributed by atoms with Crippen LogP contribution in [0.25, 0.3) is 0 Å². The number of aryl methyl sites for hydroxylation is 1. The van der Waals surface area contributed by atoms with Crippen molar-refractivity contribution in [3.05, 3.63) is 58.3 Å². The van der Waals surface area contributed by atoms with Gasteiger partial charge < -0.3 is 5.11 Å². The molecule has 21 heavy (non-hydrogen) atoms. The average molecular weight is 288 g/mol. The van der Waals surface area contributed by atoms with Crippen LogP contribution in [-0.4, -0.2) is 20.2 Å². The molecule has 0 bridgehead atoms. The molecule has 112 valence electrons. The number of benzene rings is 1. The summed E-state index contributed by atoms with van der Waals surface area (Å²) in [5.74, 6) is -1.36. The molecule has 0 spiro atoms. The second-order valence-electron chi connectivity index (χ2n) is 5.20. The van der Waals surface area contributed by atoms with Crippen molar-refractivity contribution < 1.29 is 9.90 Å². The first kappa shape index (κ1) is 15.1. The van der Waals surface area contributed by atoms with E-state index in [4.69, 9.17) is 5.11 Å². The third-order valence-electron chi connectivity index (χ3n) is 3.59. The minimum Gasteiger partial charge on any atom is -0.481 e. The molecule has 0 aliphatic carbocycles. The van der Waals surface area contributed by atoms with Gasteiger partial charge in [0.25, 0.3) is 0 Å². The fourth-order valence-corrected chi connectivity index (χ4v) is 2.24. The molecule has 1 atom stereocenters. The van der Waals surface area contributed by atoms with Crippen LogP contribution in [0.3, 0.4) is 0 Å². The maximum Gasteiger partial charge on any atom is 0.328 e. The SMILES string of the molecule is CCCn1ccn(Cc2ccc(C(C)C(=O)O)cc2)c1=O. The Morgan fingerprint density at radius 1 is 1.19 bits per heavy atom. The van der Waals surface area contributed by atoms with E-state index in [9.17, 15) is 9.59 Å². The summed E-state index contributed by atoms with van der Waals surface area (Å²) in [5.41, 5.74) is 1.73. The van der Waals surface area contributed by atoms with Crippen LogP contribution in [0.15, 0.2) is 41.5 Å². The highest BCUT2D eigenvalue weighted by atomic mass is 16.4. The highest BCUT2D eigenvalue weighted by molar-refractivity contribution is 5.75. The van der Waals surface area contributed by atoms with Crippen molar-refractivity contribution in [2.75, 3.05) is 0 Å². The van der Waals surface area contributed by atoms with Gasteiger partial charge in [-0.1, -0.05) is 31.2 Å². The monoisotopic (exact) mass is 288 g/mol. The van der Waals surface area contributed by atoms with E-state index in [1.165, 1.54) is 0 Å². The van der Waals surface area contributed by atoms with Crippen LogP contribution >= 0.6 is 0 Å². The smallest absolute Gasteiger partial charge is 0.328 e. The zero-order valence-electron chi connectivity index (χ0n) is 12.3. The lowest BCUT2D eigenvalue weighted by molar-refractivity contribution is -0.138.